The highest BCUT2D eigenvalue weighted by Crippen LogP contribution is 2.28. The standard InChI is InChI=1S/C19H19BrN4O2S/c20-15-5-3-4-14-8-9-18(22-19(14)15)24-12-10-23(11-13-24)16-6-1-2-7-17(16)27(21,25)26/h1-9H,10-13H2,(H2,21,25,26). The van der Waals surface area contributed by atoms with Crippen molar-refractivity contribution in [2.24, 2.45) is 5.14 Å². The Morgan fingerprint density at radius 1 is 0.889 bits per heavy atom. The molecule has 0 unspecified atom stereocenters. The van der Waals surface area contributed by atoms with Crippen LogP contribution in [0.25, 0.3) is 10.9 Å². The van der Waals surface area contributed by atoms with Crippen LogP contribution in [0.4, 0.5) is 11.5 Å². The zero-order valence-corrected chi connectivity index (χ0v) is 16.9. The van der Waals surface area contributed by atoms with E-state index in [1.807, 2.05) is 30.3 Å². The van der Waals surface area contributed by atoms with E-state index in [1.165, 1.54) is 0 Å². The molecular formula is C19H19BrN4O2S. The molecule has 0 saturated carbocycles. The minimum Gasteiger partial charge on any atom is -0.367 e. The first-order chi connectivity index (χ1) is 12.9. The fourth-order valence-electron chi connectivity index (χ4n) is 3.41. The molecule has 3 aromatic rings. The van der Waals surface area contributed by atoms with E-state index in [0.29, 0.717) is 18.8 Å². The molecule has 6 nitrogen and oxygen atoms in total. The quantitative estimate of drug-likeness (QED) is 0.668. The molecule has 0 bridgehead atoms. The molecule has 2 heterocycles. The molecule has 0 spiro atoms. The maximum Gasteiger partial charge on any atom is 0.240 e. The van der Waals surface area contributed by atoms with Crippen LogP contribution >= 0.6 is 15.9 Å². The van der Waals surface area contributed by atoms with Gasteiger partial charge < -0.3 is 9.80 Å². The molecular weight excluding hydrogens is 428 g/mol. The second-order valence-electron chi connectivity index (χ2n) is 6.47. The topological polar surface area (TPSA) is 79.5 Å². The molecule has 8 heteroatoms. The number of piperazine rings is 1. The van der Waals surface area contributed by atoms with Crippen LogP contribution in [0.15, 0.2) is 64.0 Å². The average molecular weight is 447 g/mol. The Kier molecular flexibility index (Phi) is 4.79. The van der Waals surface area contributed by atoms with Crippen molar-refractivity contribution in [1.82, 2.24) is 4.98 Å². The third kappa shape index (κ3) is 3.65. The molecule has 4 rings (SSSR count). The number of pyridine rings is 1. The summed E-state index contributed by atoms with van der Waals surface area (Å²) < 4.78 is 24.7. The highest BCUT2D eigenvalue weighted by Gasteiger charge is 2.23. The lowest BCUT2D eigenvalue weighted by Crippen LogP contribution is -2.47. The van der Waals surface area contributed by atoms with Crippen molar-refractivity contribution >= 4 is 48.4 Å². The Labute approximate surface area is 166 Å². The van der Waals surface area contributed by atoms with Crippen LogP contribution in [0.3, 0.4) is 0 Å². The number of aromatic nitrogens is 1. The highest BCUT2D eigenvalue weighted by molar-refractivity contribution is 9.10. The van der Waals surface area contributed by atoms with E-state index in [9.17, 15) is 8.42 Å². The fraction of sp³-hybridized carbons (Fsp3) is 0.211. The van der Waals surface area contributed by atoms with E-state index < -0.39 is 10.0 Å². The summed E-state index contributed by atoms with van der Waals surface area (Å²) in [6.07, 6.45) is 0. The van der Waals surface area contributed by atoms with Gasteiger partial charge in [-0.2, -0.15) is 0 Å². The molecule has 1 aliphatic heterocycles. The van der Waals surface area contributed by atoms with Gasteiger partial charge in [0.05, 0.1) is 11.2 Å². The number of halogens is 1. The van der Waals surface area contributed by atoms with Gasteiger partial charge in [0.25, 0.3) is 0 Å². The Balaban J connectivity index is 1.56. The van der Waals surface area contributed by atoms with Gasteiger partial charge in [0.15, 0.2) is 0 Å². The zero-order chi connectivity index (χ0) is 19.0. The molecule has 0 atom stereocenters. The molecule has 0 amide bonds. The largest absolute Gasteiger partial charge is 0.367 e. The molecule has 2 N–H and O–H groups in total. The molecule has 0 aliphatic carbocycles. The number of nitrogens with two attached hydrogens (primary N) is 1. The second-order valence-corrected chi connectivity index (χ2v) is 8.85. The van der Waals surface area contributed by atoms with Crippen molar-refractivity contribution < 1.29 is 8.42 Å². The minimum atomic E-state index is -3.75. The summed E-state index contributed by atoms with van der Waals surface area (Å²) in [6, 6.07) is 17.0. The number of para-hydroxylation sites is 2. The third-order valence-electron chi connectivity index (χ3n) is 4.77. The zero-order valence-electron chi connectivity index (χ0n) is 14.5. The number of rotatable bonds is 3. The van der Waals surface area contributed by atoms with Gasteiger partial charge >= 0.3 is 0 Å². The molecule has 1 fully saturated rings. The van der Waals surface area contributed by atoms with E-state index in [-0.39, 0.29) is 4.90 Å². The van der Waals surface area contributed by atoms with Crippen LogP contribution in [0.2, 0.25) is 0 Å². The van der Waals surface area contributed by atoms with Crippen LogP contribution in [-0.2, 0) is 10.0 Å². The van der Waals surface area contributed by atoms with Gasteiger partial charge in [0, 0.05) is 36.0 Å². The van der Waals surface area contributed by atoms with E-state index >= 15 is 0 Å². The summed E-state index contributed by atoms with van der Waals surface area (Å²) in [6.45, 7) is 2.90. The smallest absolute Gasteiger partial charge is 0.240 e. The third-order valence-corrected chi connectivity index (χ3v) is 6.37. The summed E-state index contributed by atoms with van der Waals surface area (Å²) in [5, 5.41) is 6.46. The average Bonchev–Trinajstić information content (AvgIpc) is 2.68. The lowest BCUT2D eigenvalue weighted by atomic mass is 10.2. The van der Waals surface area contributed by atoms with Crippen molar-refractivity contribution in [2.75, 3.05) is 36.0 Å². The van der Waals surface area contributed by atoms with Crippen LogP contribution < -0.4 is 14.9 Å². The van der Waals surface area contributed by atoms with Gasteiger partial charge in [-0.3, -0.25) is 0 Å². The first-order valence-corrected chi connectivity index (χ1v) is 10.9. The number of fused-ring (bicyclic) bond motifs is 1. The molecule has 1 saturated heterocycles. The van der Waals surface area contributed by atoms with Crippen LogP contribution in [0.1, 0.15) is 0 Å². The molecule has 2 aromatic carbocycles. The number of benzene rings is 2. The number of hydrogen-bond donors (Lipinski definition) is 1. The Morgan fingerprint density at radius 2 is 1.59 bits per heavy atom. The maximum atomic E-state index is 11.9. The molecule has 1 aromatic heterocycles. The summed E-state index contributed by atoms with van der Waals surface area (Å²) in [7, 11) is -3.75. The number of nitrogens with zero attached hydrogens (tertiary/aromatic N) is 3. The first kappa shape index (κ1) is 18.2. The number of anilines is 2. The molecule has 1 aliphatic rings. The van der Waals surface area contributed by atoms with E-state index in [2.05, 4.69) is 31.8 Å². The summed E-state index contributed by atoms with van der Waals surface area (Å²) in [5.41, 5.74) is 1.60. The van der Waals surface area contributed by atoms with Crippen molar-refractivity contribution in [3.8, 4) is 0 Å². The monoisotopic (exact) mass is 446 g/mol. The Hall–Kier alpha value is -2.16. The fourth-order valence-corrected chi connectivity index (χ4v) is 4.64. The van der Waals surface area contributed by atoms with Crippen molar-refractivity contribution in [1.29, 1.82) is 0 Å². The van der Waals surface area contributed by atoms with Crippen molar-refractivity contribution in [3.05, 3.63) is 59.1 Å². The molecule has 140 valence electrons. The van der Waals surface area contributed by atoms with Gasteiger partial charge in [-0.25, -0.2) is 18.5 Å². The summed E-state index contributed by atoms with van der Waals surface area (Å²) >= 11 is 3.56. The molecule has 27 heavy (non-hydrogen) atoms. The summed E-state index contributed by atoms with van der Waals surface area (Å²) in [5.74, 6) is 0.925. The number of primary sulfonamides is 1. The van der Waals surface area contributed by atoms with Crippen LogP contribution in [0, 0.1) is 0 Å². The number of sulfonamides is 1. The van der Waals surface area contributed by atoms with Crippen LogP contribution in [0.5, 0.6) is 0 Å². The van der Waals surface area contributed by atoms with Crippen molar-refractivity contribution in [3.63, 3.8) is 0 Å². The predicted octanol–water partition coefficient (Wildman–Crippen LogP) is 2.97. The summed E-state index contributed by atoms with van der Waals surface area (Å²) in [4.78, 5) is 9.25. The minimum absolute atomic E-state index is 0.172. The van der Waals surface area contributed by atoms with E-state index in [0.717, 1.165) is 34.3 Å². The van der Waals surface area contributed by atoms with Crippen molar-refractivity contribution in [2.45, 2.75) is 4.90 Å². The number of hydrogen-bond acceptors (Lipinski definition) is 5. The van der Waals surface area contributed by atoms with Gasteiger partial charge in [-0.15, -0.1) is 0 Å². The lowest BCUT2D eigenvalue weighted by molar-refractivity contribution is 0.595. The molecule has 0 radical (unpaired) electrons. The van der Waals surface area contributed by atoms with Crippen LogP contribution in [-0.4, -0.2) is 39.6 Å². The van der Waals surface area contributed by atoms with E-state index in [4.69, 9.17) is 10.1 Å². The first-order valence-electron chi connectivity index (χ1n) is 8.60. The van der Waals surface area contributed by atoms with Gasteiger partial charge in [0.2, 0.25) is 10.0 Å². The van der Waals surface area contributed by atoms with Gasteiger partial charge in [-0.1, -0.05) is 24.3 Å². The SMILES string of the molecule is NS(=O)(=O)c1ccccc1N1CCN(c2ccc3cccc(Br)c3n2)CC1. The Bertz CT molecular complexity index is 1100. The maximum absolute atomic E-state index is 11.9. The van der Waals surface area contributed by atoms with E-state index in [1.54, 1.807) is 18.2 Å². The highest BCUT2D eigenvalue weighted by atomic mass is 79.9. The second kappa shape index (κ2) is 7.10. The predicted molar refractivity (Wildman–Crippen MR) is 112 cm³/mol. The van der Waals surface area contributed by atoms with Gasteiger partial charge in [0.1, 0.15) is 10.7 Å². The lowest BCUT2D eigenvalue weighted by Gasteiger charge is -2.37. The normalized spacial score (nSPS) is 15.3. The van der Waals surface area contributed by atoms with Gasteiger partial charge in [-0.05, 0) is 46.3 Å². The Morgan fingerprint density at radius 3 is 2.33 bits per heavy atom.